The van der Waals surface area contributed by atoms with Crippen LogP contribution in [0.25, 0.3) is 0 Å². The lowest BCUT2D eigenvalue weighted by Gasteiger charge is -2.41. The summed E-state index contributed by atoms with van der Waals surface area (Å²) >= 11 is 1.41. The molecular formula is C18H27N3O4S. The van der Waals surface area contributed by atoms with Gasteiger partial charge in [0.2, 0.25) is 17.7 Å². The molecule has 1 fully saturated rings. The molecule has 7 nitrogen and oxygen atoms in total. The quantitative estimate of drug-likeness (QED) is 0.493. The van der Waals surface area contributed by atoms with Crippen LogP contribution in [0.1, 0.15) is 27.2 Å². The number of ketones is 1. The number of nitrogens with zero attached hydrogens (tertiary/aromatic N) is 3. The van der Waals surface area contributed by atoms with Gasteiger partial charge < -0.3 is 14.7 Å². The number of thioether (sulfide) groups is 1. The maximum Gasteiger partial charge on any atom is 0.248 e. The summed E-state index contributed by atoms with van der Waals surface area (Å²) in [5.41, 5.74) is -0.388. The topological polar surface area (TPSA) is 78.0 Å². The van der Waals surface area contributed by atoms with Crippen molar-refractivity contribution in [1.82, 2.24) is 14.7 Å². The smallest absolute Gasteiger partial charge is 0.248 e. The van der Waals surface area contributed by atoms with E-state index >= 15 is 0 Å². The molecule has 0 atom stereocenters. The van der Waals surface area contributed by atoms with Crippen LogP contribution in [-0.2, 0) is 19.2 Å². The van der Waals surface area contributed by atoms with Crippen molar-refractivity contribution in [2.24, 2.45) is 5.41 Å². The van der Waals surface area contributed by atoms with E-state index in [2.05, 4.69) is 13.2 Å². The molecule has 1 heterocycles. The van der Waals surface area contributed by atoms with Crippen LogP contribution in [0.3, 0.4) is 0 Å². The lowest BCUT2D eigenvalue weighted by Crippen LogP contribution is -2.59. The fourth-order valence-electron chi connectivity index (χ4n) is 2.15. The monoisotopic (exact) mass is 381 g/mol. The van der Waals surface area contributed by atoms with E-state index in [0.717, 1.165) is 12.2 Å². The number of hydrogen-bond donors (Lipinski definition) is 0. The Balaban J connectivity index is 2.61. The maximum atomic E-state index is 12.5. The molecule has 0 N–H and O–H groups in total. The summed E-state index contributed by atoms with van der Waals surface area (Å²) in [4.78, 5) is 52.3. The van der Waals surface area contributed by atoms with Crippen LogP contribution in [0.4, 0.5) is 0 Å². The van der Waals surface area contributed by atoms with Gasteiger partial charge in [0, 0.05) is 17.6 Å². The first kappa shape index (κ1) is 22.0. The molecule has 1 aliphatic heterocycles. The Hall–Kier alpha value is -2.09. The molecular weight excluding hydrogens is 354 g/mol. The molecule has 0 aromatic rings. The van der Waals surface area contributed by atoms with E-state index in [4.69, 9.17) is 0 Å². The number of carbonyl (C=O) groups is 4. The zero-order chi connectivity index (χ0) is 19.9. The second-order valence-corrected chi connectivity index (χ2v) is 8.10. The predicted octanol–water partition coefficient (Wildman–Crippen LogP) is 1.47. The molecule has 0 aromatic carbocycles. The molecule has 0 radical (unpaired) electrons. The third-order valence-corrected chi connectivity index (χ3v) is 4.84. The largest absolute Gasteiger partial charge is 0.307 e. The van der Waals surface area contributed by atoms with Crippen LogP contribution >= 0.6 is 11.8 Å². The van der Waals surface area contributed by atoms with E-state index in [1.165, 1.54) is 26.5 Å². The molecule has 0 unspecified atom stereocenters. The minimum Gasteiger partial charge on any atom is -0.307 e. The third kappa shape index (κ3) is 6.33. The Labute approximate surface area is 159 Å². The molecule has 1 aliphatic rings. The van der Waals surface area contributed by atoms with E-state index in [1.807, 2.05) is 20.8 Å². The fraction of sp³-hybridized carbons (Fsp3) is 0.556. The molecule has 0 bridgehead atoms. The van der Waals surface area contributed by atoms with Crippen molar-refractivity contribution >= 4 is 35.3 Å². The van der Waals surface area contributed by atoms with Gasteiger partial charge in [0.05, 0.1) is 25.8 Å². The number of Topliss-reactive ketones (excluding diaryl/α,β-unsaturated/α-hetero) is 1. The Bertz CT molecular complexity index is 570. The minimum absolute atomic E-state index is 0.0916. The van der Waals surface area contributed by atoms with Gasteiger partial charge in [-0.25, -0.2) is 0 Å². The summed E-state index contributed by atoms with van der Waals surface area (Å²) < 4.78 is 0. The van der Waals surface area contributed by atoms with Gasteiger partial charge >= 0.3 is 0 Å². The third-order valence-electron chi connectivity index (χ3n) is 3.88. The molecule has 1 saturated heterocycles. The number of amides is 3. The molecule has 0 aliphatic carbocycles. The predicted molar refractivity (Wildman–Crippen MR) is 102 cm³/mol. The Morgan fingerprint density at radius 2 is 1.38 bits per heavy atom. The summed E-state index contributed by atoms with van der Waals surface area (Å²) in [6.07, 6.45) is 2.53. The van der Waals surface area contributed by atoms with Gasteiger partial charge in [-0.1, -0.05) is 33.9 Å². The first-order valence-electron chi connectivity index (χ1n) is 8.31. The van der Waals surface area contributed by atoms with Crippen LogP contribution in [0.5, 0.6) is 0 Å². The van der Waals surface area contributed by atoms with Crippen molar-refractivity contribution in [3.63, 3.8) is 0 Å². The van der Waals surface area contributed by atoms with Crippen LogP contribution < -0.4 is 0 Å². The average molecular weight is 381 g/mol. The zero-order valence-electron chi connectivity index (χ0n) is 15.7. The second kappa shape index (κ2) is 9.56. The van der Waals surface area contributed by atoms with Crippen LogP contribution in [-0.4, -0.2) is 69.7 Å². The van der Waals surface area contributed by atoms with Gasteiger partial charge in [0.15, 0.2) is 0 Å². The highest BCUT2D eigenvalue weighted by Crippen LogP contribution is 2.18. The van der Waals surface area contributed by atoms with Crippen molar-refractivity contribution in [1.29, 1.82) is 0 Å². The lowest BCUT2D eigenvalue weighted by atomic mass is 9.92. The average Bonchev–Trinajstić information content (AvgIpc) is 2.62. The molecule has 1 rings (SSSR count). The first-order valence-corrected chi connectivity index (χ1v) is 9.47. The molecule has 144 valence electrons. The van der Waals surface area contributed by atoms with Crippen molar-refractivity contribution in [3.05, 3.63) is 25.3 Å². The zero-order valence-corrected chi connectivity index (χ0v) is 16.5. The standard InChI is InChI=1S/C18H27N3O4S/c1-6-15(23)19-11-20(16(24)7-2)13-21(12-19)17(25)8-9-26-10-14(22)18(3,4)5/h6-7H,1-2,8-13H2,3-5H3. The second-order valence-electron chi connectivity index (χ2n) is 7.00. The van der Waals surface area contributed by atoms with Crippen LogP contribution in [0.2, 0.25) is 0 Å². The van der Waals surface area contributed by atoms with E-state index in [0.29, 0.717) is 11.5 Å². The maximum absolute atomic E-state index is 12.5. The fourth-order valence-corrected chi connectivity index (χ4v) is 3.23. The van der Waals surface area contributed by atoms with Gasteiger partial charge in [0.25, 0.3) is 0 Å². The molecule has 0 aromatic heterocycles. The number of hydrogen-bond acceptors (Lipinski definition) is 5. The van der Waals surface area contributed by atoms with Crippen molar-refractivity contribution in [2.45, 2.75) is 27.2 Å². The lowest BCUT2D eigenvalue weighted by molar-refractivity contribution is -0.154. The number of rotatable bonds is 7. The number of carbonyl (C=O) groups excluding carboxylic acids is 4. The molecule has 8 heteroatoms. The molecule has 0 spiro atoms. The molecule has 3 amide bonds. The highest BCUT2D eigenvalue weighted by Gasteiger charge is 2.30. The van der Waals surface area contributed by atoms with Gasteiger partial charge in [-0.2, -0.15) is 11.8 Å². The van der Waals surface area contributed by atoms with Crippen LogP contribution in [0, 0.1) is 5.41 Å². The molecule has 0 saturated carbocycles. The van der Waals surface area contributed by atoms with Crippen molar-refractivity contribution < 1.29 is 19.2 Å². The van der Waals surface area contributed by atoms with Gasteiger partial charge in [-0.15, -0.1) is 0 Å². The summed E-state index contributed by atoms with van der Waals surface area (Å²) in [7, 11) is 0. The molecule has 26 heavy (non-hydrogen) atoms. The Kier molecular flexibility index (Phi) is 8.08. The van der Waals surface area contributed by atoms with Crippen molar-refractivity contribution in [2.75, 3.05) is 31.5 Å². The SMILES string of the molecule is C=CC(=O)N1CN(C(=O)C=C)CN(C(=O)CCSCC(=O)C(C)(C)C)C1. The highest BCUT2D eigenvalue weighted by molar-refractivity contribution is 7.99. The first-order chi connectivity index (χ1) is 12.1. The van der Waals surface area contributed by atoms with Gasteiger partial charge in [-0.05, 0) is 12.2 Å². The highest BCUT2D eigenvalue weighted by atomic mass is 32.2. The van der Waals surface area contributed by atoms with E-state index in [9.17, 15) is 19.2 Å². The summed E-state index contributed by atoms with van der Waals surface area (Å²) in [6.45, 7) is 12.8. The van der Waals surface area contributed by atoms with E-state index in [1.54, 1.807) is 0 Å². The van der Waals surface area contributed by atoms with E-state index < -0.39 is 0 Å². The van der Waals surface area contributed by atoms with Gasteiger partial charge in [0.1, 0.15) is 5.78 Å². The van der Waals surface area contributed by atoms with E-state index in [-0.39, 0.29) is 55.3 Å². The summed E-state index contributed by atoms with van der Waals surface area (Å²) in [6, 6.07) is 0. The van der Waals surface area contributed by atoms with Crippen LogP contribution in [0.15, 0.2) is 25.3 Å². The van der Waals surface area contributed by atoms with Gasteiger partial charge in [-0.3, -0.25) is 19.2 Å². The Morgan fingerprint density at radius 3 is 1.81 bits per heavy atom. The van der Waals surface area contributed by atoms with Crippen molar-refractivity contribution in [3.8, 4) is 0 Å². The Morgan fingerprint density at radius 1 is 0.923 bits per heavy atom. The minimum atomic E-state index is -0.388. The summed E-state index contributed by atoms with van der Waals surface area (Å²) in [5.74, 6) is 0.118. The normalized spacial score (nSPS) is 14.8. The summed E-state index contributed by atoms with van der Waals surface area (Å²) in [5, 5.41) is 0.